The number of rotatable bonds is 8. The summed E-state index contributed by atoms with van der Waals surface area (Å²) in [4.78, 5) is 14.3. The number of para-hydroxylation sites is 1. The maximum atomic E-state index is 12.6. The number of carbonyl (C=O) groups is 1. The van der Waals surface area contributed by atoms with Crippen LogP contribution in [0.3, 0.4) is 0 Å². The zero-order valence-electron chi connectivity index (χ0n) is 13.0. The van der Waals surface area contributed by atoms with Gasteiger partial charge in [-0.25, -0.2) is 0 Å². The minimum atomic E-state index is 0.0487. The predicted molar refractivity (Wildman–Crippen MR) is 85.6 cm³/mol. The largest absolute Gasteiger partial charge is 0.330 e. The Morgan fingerprint density at radius 3 is 2.52 bits per heavy atom. The van der Waals surface area contributed by atoms with E-state index in [0.29, 0.717) is 31.8 Å². The average molecular weight is 287 g/mol. The minimum absolute atomic E-state index is 0.0487. The van der Waals surface area contributed by atoms with Gasteiger partial charge in [0.15, 0.2) is 0 Å². The molecule has 4 nitrogen and oxygen atoms in total. The first-order valence-corrected chi connectivity index (χ1v) is 7.50. The third kappa shape index (κ3) is 5.97. The number of hydrogen-bond acceptors (Lipinski definition) is 3. The molecule has 21 heavy (non-hydrogen) atoms. The fraction of sp³-hybridized carbons (Fsp3) is 0.529. The van der Waals surface area contributed by atoms with Gasteiger partial charge in [0, 0.05) is 18.7 Å². The molecule has 0 unspecified atom stereocenters. The summed E-state index contributed by atoms with van der Waals surface area (Å²) < 4.78 is 0. The van der Waals surface area contributed by atoms with Crippen molar-refractivity contribution >= 4 is 11.6 Å². The highest BCUT2D eigenvalue weighted by Crippen LogP contribution is 2.20. The monoisotopic (exact) mass is 287 g/mol. The molecule has 0 heterocycles. The summed E-state index contributed by atoms with van der Waals surface area (Å²) in [5.74, 6) is 0.772. The van der Waals surface area contributed by atoms with Crippen molar-refractivity contribution in [3.8, 4) is 6.07 Å². The molecule has 0 aliphatic carbocycles. The van der Waals surface area contributed by atoms with Gasteiger partial charge in [0.25, 0.3) is 0 Å². The normalized spacial score (nSPS) is 12.0. The van der Waals surface area contributed by atoms with Crippen molar-refractivity contribution < 1.29 is 4.79 Å². The van der Waals surface area contributed by atoms with Gasteiger partial charge in [-0.15, -0.1) is 0 Å². The van der Waals surface area contributed by atoms with Gasteiger partial charge in [-0.3, -0.25) is 4.79 Å². The first kappa shape index (κ1) is 17.2. The van der Waals surface area contributed by atoms with Gasteiger partial charge >= 0.3 is 0 Å². The van der Waals surface area contributed by atoms with Crippen LogP contribution in [0.1, 0.15) is 33.1 Å². The number of hydrogen-bond donors (Lipinski definition) is 1. The summed E-state index contributed by atoms with van der Waals surface area (Å²) in [7, 11) is 0. The van der Waals surface area contributed by atoms with Crippen LogP contribution in [0.2, 0.25) is 0 Å². The molecule has 0 aliphatic rings. The molecule has 1 aromatic carbocycles. The SMILES string of the molecule is CC(C)C[C@H](CN)CC(=O)N(CCC#N)c1ccccc1. The first-order chi connectivity index (χ1) is 10.1. The van der Waals surface area contributed by atoms with Crippen LogP contribution in [0.5, 0.6) is 0 Å². The van der Waals surface area contributed by atoms with Crippen LogP contribution in [0.15, 0.2) is 30.3 Å². The van der Waals surface area contributed by atoms with Crippen molar-refractivity contribution in [1.29, 1.82) is 5.26 Å². The Labute approximate surface area is 127 Å². The topological polar surface area (TPSA) is 70.1 Å². The Bertz CT molecular complexity index is 465. The van der Waals surface area contributed by atoms with E-state index in [1.165, 1.54) is 0 Å². The van der Waals surface area contributed by atoms with Crippen LogP contribution in [-0.4, -0.2) is 19.0 Å². The third-order valence-electron chi connectivity index (χ3n) is 3.42. The van der Waals surface area contributed by atoms with Gasteiger partial charge in [0.1, 0.15) is 0 Å². The number of benzene rings is 1. The van der Waals surface area contributed by atoms with Crippen LogP contribution in [0.25, 0.3) is 0 Å². The van der Waals surface area contributed by atoms with Crippen LogP contribution < -0.4 is 10.6 Å². The molecular formula is C17H25N3O. The second-order valence-electron chi connectivity index (χ2n) is 5.72. The van der Waals surface area contributed by atoms with Gasteiger partial charge < -0.3 is 10.6 Å². The molecule has 0 aliphatic heterocycles. The van der Waals surface area contributed by atoms with Crippen molar-refractivity contribution in [3.05, 3.63) is 30.3 Å². The summed E-state index contributed by atoms with van der Waals surface area (Å²) >= 11 is 0. The lowest BCUT2D eigenvalue weighted by molar-refractivity contribution is -0.119. The van der Waals surface area contributed by atoms with Crippen molar-refractivity contribution in [2.24, 2.45) is 17.6 Å². The fourth-order valence-electron chi connectivity index (χ4n) is 2.45. The number of nitrogens with zero attached hydrogens (tertiary/aromatic N) is 2. The van der Waals surface area contributed by atoms with E-state index in [4.69, 9.17) is 11.0 Å². The van der Waals surface area contributed by atoms with E-state index in [1.807, 2.05) is 30.3 Å². The molecule has 0 fully saturated rings. The second kappa shape index (κ2) is 9.15. The van der Waals surface area contributed by atoms with Gasteiger partial charge in [0.2, 0.25) is 5.91 Å². The molecule has 1 rings (SSSR count). The summed E-state index contributed by atoms with van der Waals surface area (Å²) in [6.07, 6.45) is 1.72. The molecule has 4 heteroatoms. The minimum Gasteiger partial charge on any atom is -0.330 e. The quantitative estimate of drug-likeness (QED) is 0.799. The van der Waals surface area contributed by atoms with Gasteiger partial charge in [-0.1, -0.05) is 32.0 Å². The molecule has 1 atom stereocenters. The number of nitriles is 1. The Kier molecular flexibility index (Phi) is 7.49. The number of amides is 1. The van der Waals surface area contributed by atoms with E-state index in [2.05, 4.69) is 19.9 Å². The highest BCUT2D eigenvalue weighted by molar-refractivity contribution is 5.93. The summed E-state index contributed by atoms with van der Waals surface area (Å²) in [5.41, 5.74) is 6.63. The lowest BCUT2D eigenvalue weighted by atomic mass is 9.93. The van der Waals surface area contributed by atoms with Gasteiger partial charge in [0.05, 0.1) is 12.5 Å². The van der Waals surface area contributed by atoms with E-state index < -0.39 is 0 Å². The highest BCUT2D eigenvalue weighted by atomic mass is 16.2. The van der Waals surface area contributed by atoms with Crippen molar-refractivity contribution in [2.45, 2.75) is 33.1 Å². The Morgan fingerprint density at radius 1 is 1.33 bits per heavy atom. The molecule has 0 bridgehead atoms. The molecule has 0 radical (unpaired) electrons. The van der Waals surface area contributed by atoms with Crippen molar-refractivity contribution in [2.75, 3.05) is 18.0 Å². The van der Waals surface area contributed by atoms with E-state index in [1.54, 1.807) is 4.90 Å². The van der Waals surface area contributed by atoms with Crippen molar-refractivity contribution in [1.82, 2.24) is 0 Å². The average Bonchev–Trinajstić information content (AvgIpc) is 2.47. The fourth-order valence-corrected chi connectivity index (χ4v) is 2.45. The Hall–Kier alpha value is -1.86. The van der Waals surface area contributed by atoms with Crippen LogP contribution in [-0.2, 0) is 4.79 Å². The molecule has 1 aromatic rings. The zero-order chi connectivity index (χ0) is 15.7. The maximum absolute atomic E-state index is 12.6. The third-order valence-corrected chi connectivity index (χ3v) is 3.42. The van der Waals surface area contributed by atoms with E-state index in [0.717, 1.165) is 12.1 Å². The number of carbonyl (C=O) groups excluding carboxylic acids is 1. The van der Waals surface area contributed by atoms with E-state index in [9.17, 15) is 4.79 Å². The number of anilines is 1. The Balaban J connectivity index is 2.78. The van der Waals surface area contributed by atoms with E-state index >= 15 is 0 Å². The Morgan fingerprint density at radius 2 is 2.00 bits per heavy atom. The molecular weight excluding hydrogens is 262 g/mol. The lowest BCUT2D eigenvalue weighted by Gasteiger charge is -2.25. The van der Waals surface area contributed by atoms with E-state index in [-0.39, 0.29) is 11.8 Å². The summed E-state index contributed by atoms with van der Waals surface area (Å²) in [6, 6.07) is 11.6. The predicted octanol–water partition coefficient (Wildman–Crippen LogP) is 2.94. The molecule has 0 spiro atoms. The zero-order valence-corrected chi connectivity index (χ0v) is 13.0. The maximum Gasteiger partial charge on any atom is 0.227 e. The second-order valence-corrected chi connectivity index (χ2v) is 5.72. The summed E-state index contributed by atoms with van der Waals surface area (Å²) in [6.45, 7) is 5.22. The van der Waals surface area contributed by atoms with Crippen LogP contribution in [0.4, 0.5) is 5.69 Å². The molecule has 0 aromatic heterocycles. The van der Waals surface area contributed by atoms with Crippen molar-refractivity contribution in [3.63, 3.8) is 0 Å². The molecule has 114 valence electrons. The van der Waals surface area contributed by atoms with Gasteiger partial charge in [-0.2, -0.15) is 5.26 Å². The molecule has 0 saturated heterocycles. The molecule has 1 amide bonds. The molecule has 2 N–H and O–H groups in total. The van der Waals surface area contributed by atoms with Gasteiger partial charge in [-0.05, 0) is 36.9 Å². The summed E-state index contributed by atoms with van der Waals surface area (Å²) in [5, 5.41) is 8.78. The smallest absolute Gasteiger partial charge is 0.227 e. The standard InChI is InChI=1S/C17H25N3O/c1-14(2)11-15(13-19)12-17(21)20(10-6-9-18)16-7-4-3-5-8-16/h3-5,7-8,14-15H,6,10-13,19H2,1-2H3/t15-/m0/s1. The highest BCUT2D eigenvalue weighted by Gasteiger charge is 2.20. The first-order valence-electron chi connectivity index (χ1n) is 7.50. The number of nitrogens with two attached hydrogens (primary N) is 1. The lowest BCUT2D eigenvalue weighted by Crippen LogP contribution is -2.34. The van der Waals surface area contributed by atoms with Crippen LogP contribution >= 0.6 is 0 Å². The molecule has 0 saturated carbocycles. The van der Waals surface area contributed by atoms with Crippen LogP contribution in [0, 0.1) is 23.2 Å².